The van der Waals surface area contributed by atoms with Crippen LogP contribution in [0.4, 0.5) is 0 Å². The second-order valence-electron chi connectivity index (χ2n) is 3.67. The molecule has 1 aliphatic carbocycles. The lowest BCUT2D eigenvalue weighted by atomic mass is 10.2. The fraction of sp³-hybridized carbons (Fsp3) is 0.250. The van der Waals surface area contributed by atoms with Gasteiger partial charge in [0.1, 0.15) is 11.9 Å². The second-order valence-corrected chi connectivity index (χ2v) is 3.67. The number of hydrogen-bond acceptors (Lipinski definition) is 3. The summed E-state index contributed by atoms with van der Waals surface area (Å²) in [6.07, 6.45) is 3.46. The van der Waals surface area contributed by atoms with Crippen LogP contribution in [-0.2, 0) is 0 Å². The lowest BCUT2D eigenvalue weighted by Crippen LogP contribution is -2.14. The first-order chi connectivity index (χ1) is 7.65. The molecule has 4 heteroatoms. The molecule has 0 amide bonds. The molecule has 2 N–H and O–H groups in total. The molecule has 0 bridgehead atoms. The lowest BCUT2D eigenvalue weighted by Gasteiger charge is -2.12. The highest BCUT2D eigenvalue weighted by Crippen LogP contribution is 2.19. The van der Waals surface area contributed by atoms with E-state index in [1.165, 1.54) is 12.1 Å². The van der Waals surface area contributed by atoms with E-state index in [-0.39, 0.29) is 11.7 Å². The average molecular weight is 220 g/mol. The molecule has 0 fully saturated rings. The number of carboxylic acids is 1. The molecule has 0 radical (unpaired) electrons. The van der Waals surface area contributed by atoms with Crippen LogP contribution in [0.25, 0.3) is 0 Å². The van der Waals surface area contributed by atoms with Gasteiger partial charge in [0.2, 0.25) is 0 Å². The molecule has 0 unspecified atom stereocenters. The van der Waals surface area contributed by atoms with Crippen molar-refractivity contribution >= 4 is 5.97 Å². The van der Waals surface area contributed by atoms with Gasteiger partial charge in [0.05, 0.1) is 11.7 Å². The van der Waals surface area contributed by atoms with Gasteiger partial charge >= 0.3 is 5.97 Å². The Kier molecular flexibility index (Phi) is 2.92. The van der Waals surface area contributed by atoms with E-state index in [0.717, 1.165) is 0 Å². The highest BCUT2D eigenvalue weighted by atomic mass is 16.5. The molecular formula is C12H12O4. The lowest BCUT2D eigenvalue weighted by molar-refractivity contribution is 0.0697. The molecular weight excluding hydrogens is 208 g/mol. The summed E-state index contributed by atoms with van der Waals surface area (Å²) in [5.74, 6) is -0.350. The molecule has 1 aromatic rings. The van der Waals surface area contributed by atoms with E-state index in [2.05, 4.69) is 0 Å². The van der Waals surface area contributed by atoms with E-state index in [9.17, 15) is 9.90 Å². The summed E-state index contributed by atoms with van der Waals surface area (Å²) in [4.78, 5) is 10.6. The number of rotatable bonds is 3. The zero-order valence-corrected chi connectivity index (χ0v) is 8.54. The van der Waals surface area contributed by atoms with Crippen molar-refractivity contribution in [1.29, 1.82) is 0 Å². The van der Waals surface area contributed by atoms with Crippen LogP contribution in [0, 0.1) is 0 Å². The van der Waals surface area contributed by atoms with Crippen molar-refractivity contribution in [3.8, 4) is 5.75 Å². The largest absolute Gasteiger partial charge is 0.486 e. The first-order valence-corrected chi connectivity index (χ1v) is 5.01. The SMILES string of the molecule is O=C(O)c1ccc(O[C@@H]2C=C[C@@H](O)C2)cc1. The van der Waals surface area contributed by atoms with Crippen LogP contribution >= 0.6 is 0 Å². The fourth-order valence-electron chi connectivity index (χ4n) is 1.59. The number of ether oxygens (including phenoxy) is 1. The van der Waals surface area contributed by atoms with Gasteiger partial charge < -0.3 is 14.9 Å². The number of carbonyl (C=O) groups is 1. The van der Waals surface area contributed by atoms with Gasteiger partial charge in [-0.05, 0) is 30.3 Å². The van der Waals surface area contributed by atoms with E-state index in [1.807, 2.05) is 0 Å². The van der Waals surface area contributed by atoms with Crippen molar-refractivity contribution in [2.45, 2.75) is 18.6 Å². The Balaban J connectivity index is 2.00. The van der Waals surface area contributed by atoms with Crippen LogP contribution in [0.15, 0.2) is 36.4 Å². The highest BCUT2D eigenvalue weighted by Gasteiger charge is 2.17. The minimum atomic E-state index is -0.956. The van der Waals surface area contributed by atoms with Gasteiger partial charge in [-0.15, -0.1) is 0 Å². The molecule has 1 aromatic carbocycles. The van der Waals surface area contributed by atoms with Gasteiger partial charge in [-0.25, -0.2) is 4.79 Å². The summed E-state index contributed by atoms with van der Waals surface area (Å²) < 4.78 is 5.54. The van der Waals surface area contributed by atoms with Crippen molar-refractivity contribution < 1.29 is 19.7 Å². The third-order valence-electron chi connectivity index (χ3n) is 2.41. The first kappa shape index (κ1) is 10.7. The number of carboxylic acid groups (broad SMARTS) is 1. The summed E-state index contributed by atoms with van der Waals surface area (Å²) in [5.41, 5.74) is 0.231. The van der Waals surface area contributed by atoms with E-state index in [4.69, 9.17) is 9.84 Å². The molecule has 2 atom stereocenters. The van der Waals surface area contributed by atoms with Gasteiger partial charge in [-0.3, -0.25) is 0 Å². The molecule has 4 nitrogen and oxygen atoms in total. The van der Waals surface area contributed by atoms with Crippen LogP contribution in [0.3, 0.4) is 0 Å². The predicted molar refractivity (Wildman–Crippen MR) is 57.6 cm³/mol. The average Bonchev–Trinajstić information content (AvgIpc) is 2.65. The number of aliphatic hydroxyl groups excluding tert-OH is 1. The molecule has 0 saturated carbocycles. The maximum absolute atomic E-state index is 10.6. The van der Waals surface area contributed by atoms with E-state index in [1.54, 1.807) is 24.3 Å². The molecule has 0 aromatic heterocycles. The molecule has 0 heterocycles. The van der Waals surface area contributed by atoms with Gasteiger partial charge in [-0.2, -0.15) is 0 Å². The van der Waals surface area contributed by atoms with Gasteiger partial charge in [0.25, 0.3) is 0 Å². The molecule has 16 heavy (non-hydrogen) atoms. The van der Waals surface area contributed by atoms with Crippen molar-refractivity contribution in [3.05, 3.63) is 42.0 Å². The molecule has 2 rings (SSSR count). The van der Waals surface area contributed by atoms with Crippen molar-refractivity contribution in [2.75, 3.05) is 0 Å². The Morgan fingerprint density at radius 2 is 1.94 bits per heavy atom. The fourth-order valence-corrected chi connectivity index (χ4v) is 1.59. The predicted octanol–water partition coefficient (Wildman–Crippen LogP) is 1.45. The third kappa shape index (κ3) is 2.41. The minimum Gasteiger partial charge on any atom is -0.486 e. The summed E-state index contributed by atoms with van der Waals surface area (Å²) in [6, 6.07) is 6.21. The maximum Gasteiger partial charge on any atom is 0.335 e. The topological polar surface area (TPSA) is 66.8 Å². The second kappa shape index (κ2) is 4.37. The van der Waals surface area contributed by atoms with E-state index in [0.29, 0.717) is 12.2 Å². The maximum atomic E-state index is 10.6. The van der Waals surface area contributed by atoms with Crippen LogP contribution in [0.2, 0.25) is 0 Å². The Morgan fingerprint density at radius 1 is 1.25 bits per heavy atom. The van der Waals surface area contributed by atoms with Crippen LogP contribution < -0.4 is 4.74 Å². The molecule has 84 valence electrons. The molecule has 0 spiro atoms. The first-order valence-electron chi connectivity index (χ1n) is 5.01. The number of aromatic carboxylic acids is 1. The minimum absolute atomic E-state index is 0.134. The standard InChI is InChI=1S/C12H12O4/c13-9-3-6-11(7-9)16-10-4-1-8(2-5-10)12(14)15/h1-6,9,11,13H,7H2,(H,14,15)/t9-,11-/m1/s1. The normalized spacial score (nSPS) is 23.3. The van der Waals surface area contributed by atoms with Crippen molar-refractivity contribution in [1.82, 2.24) is 0 Å². The van der Waals surface area contributed by atoms with Crippen LogP contribution in [-0.4, -0.2) is 28.4 Å². The summed E-state index contributed by atoms with van der Waals surface area (Å²) in [7, 11) is 0. The quantitative estimate of drug-likeness (QED) is 0.756. The zero-order valence-electron chi connectivity index (χ0n) is 8.54. The monoisotopic (exact) mass is 220 g/mol. The van der Waals surface area contributed by atoms with Crippen molar-refractivity contribution in [3.63, 3.8) is 0 Å². The summed E-state index contributed by atoms with van der Waals surface area (Å²) >= 11 is 0. The third-order valence-corrected chi connectivity index (χ3v) is 2.41. The van der Waals surface area contributed by atoms with Gasteiger partial charge in [0, 0.05) is 6.42 Å². The van der Waals surface area contributed by atoms with Crippen molar-refractivity contribution in [2.24, 2.45) is 0 Å². The summed E-state index contributed by atoms with van der Waals surface area (Å²) in [6.45, 7) is 0. The van der Waals surface area contributed by atoms with E-state index >= 15 is 0 Å². The number of hydrogen-bond donors (Lipinski definition) is 2. The van der Waals surface area contributed by atoms with Crippen LogP contribution in [0.1, 0.15) is 16.8 Å². The summed E-state index contributed by atoms with van der Waals surface area (Å²) in [5, 5.41) is 18.0. The Bertz CT molecular complexity index is 408. The Labute approximate surface area is 92.8 Å². The molecule has 1 aliphatic rings. The highest BCUT2D eigenvalue weighted by molar-refractivity contribution is 5.87. The van der Waals surface area contributed by atoms with E-state index < -0.39 is 12.1 Å². The van der Waals surface area contributed by atoms with Gasteiger partial charge in [-0.1, -0.05) is 6.08 Å². The molecule has 0 saturated heterocycles. The zero-order chi connectivity index (χ0) is 11.5. The van der Waals surface area contributed by atoms with Gasteiger partial charge in [0.15, 0.2) is 0 Å². The van der Waals surface area contributed by atoms with Crippen LogP contribution in [0.5, 0.6) is 5.75 Å². The molecule has 0 aliphatic heterocycles. The Morgan fingerprint density at radius 3 is 2.44 bits per heavy atom. The smallest absolute Gasteiger partial charge is 0.335 e. The number of benzene rings is 1. The Hall–Kier alpha value is -1.81. The number of aliphatic hydroxyl groups is 1.